The number of phenolic OH excluding ortho intramolecular Hbond substituents is 1. The Labute approximate surface area is 144 Å². The lowest BCUT2D eigenvalue weighted by Gasteiger charge is -2.11. The van der Waals surface area contributed by atoms with E-state index < -0.39 is 11.6 Å². The third-order valence-corrected chi connectivity index (χ3v) is 3.23. The van der Waals surface area contributed by atoms with Gasteiger partial charge in [0, 0.05) is 17.1 Å². The molecule has 0 unspecified atom stereocenters. The van der Waals surface area contributed by atoms with E-state index in [9.17, 15) is 13.9 Å². The Morgan fingerprint density at radius 3 is 2.42 bits per heavy atom. The monoisotopic (exact) mass is 350 g/mol. The third kappa shape index (κ3) is 3.79. The lowest BCUT2D eigenvalue weighted by molar-refractivity contribution is 0.471. The van der Waals surface area contributed by atoms with Crippen LogP contribution in [-0.4, -0.2) is 15.1 Å². The zero-order valence-electron chi connectivity index (χ0n) is 13.5. The van der Waals surface area contributed by atoms with Crippen LogP contribution in [0.1, 0.15) is 20.8 Å². The van der Waals surface area contributed by atoms with Crippen LogP contribution in [0.4, 0.5) is 8.78 Å². The fourth-order valence-corrected chi connectivity index (χ4v) is 2.35. The Kier molecular flexibility index (Phi) is 5.67. The molecule has 126 valence electrons. The molecule has 0 aliphatic heterocycles. The second kappa shape index (κ2) is 7.53. The molecular weight excluding hydrogens is 334 g/mol. The van der Waals surface area contributed by atoms with Gasteiger partial charge in [0.15, 0.2) is 5.82 Å². The van der Waals surface area contributed by atoms with E-state index in [1.807, 2.05) is 0 Å². The van der Waals surface area contributed by atoms with Crippen molar-refractivity contribution in [1.29, 1.82) is 0 Å². The van der Waals surface area contributed by atoms with Crippen LogP contribution < -0.4 is 0 Å². The standard InChI is InChI=1S/C14H7ClF2N2O.C4H10/c15-8-4-7-5-18-6-19-14(7)13(17)11(8)12-9(16)2-1-3-10(12)20;1-4(2)3/h1-6,20H;4H,1-3H3. The molecule has 3 nitrogen and oxygen atoms in total. The van der Waals surface area contributed by atoms with Crippen molar-refractivity contribution in [3.8, 4) is 16.9 Å². The van der Waals surface area contributed by atoms with E-state index in [-0.39, 0.29) is 27.4 Å². The van der Waals surface area contributed by atoms with Gasteiger partial charge in [-0.1, -0.05) is 38.4 Å². The van der Waals surface area contributed by atoms with E-state index >= 15 is 0 Å². The predicted octanol–water partition coefficient (Wildman–Crippen LogP) is 5.60. The molecule has 1 heterocycles. The van der Waals surface area contributed by atoms with Crippen molar-refractivity contribution < 1.29 is 13.9 Å². The molecule has 24 heavy (non-hydrogen) atoms. The first-order valence-corrected chi connectivity index (χ1v) is 7.76. The second-order valence-corrected chi connectivity index (χ2v) is 6.28. The van der Waals surface area contributed by atoms with E-state index in [0.29, 0.717) is 5.39 Å². The quantitative estimate of drug-likeness (QED) is 0.621. The van der Waals surface area contributed by atoms with Crippen LogP contribution in [-0.2, 0) is 0 Å². The molecule has 3 rings (SSSR count). The normalized spacial score (nSPS) is 10.6. The van der Waals surface area contributed by atoms with E-state index in [4.69, 9.17) is 11.6 Å². The molecule has 0 bridgehead atoms. The maximum absolute atomic E-state index is 14.5. The molecule has 0 atom stereocenters. The van der Waals surface area contributed by atoms with Crippen LogP contribution in [0.3, 0.4) is 0 Å². The highest BCUT2D eigenvalue weighted by Crippen LogP contribution is 2.40. The van der Waals surface area contributed by atoms with Crippen molar-refractivity contribution in [2.75, 3.05) is 0 Å². The van der Waals surface area contributed by atoms with Crippen molar-refractivity contribution in [2.24, 2.45) is 5.92 Å². The highest BCUT2D eigenvalue weighted by atomic mass is 35.5. The van der Waals surface area contributed by atoms with Crippen LogP contribution in [0.15, 0.2) is 36.8 Å². The summed E-state index contributed by atoms with van der Waals surface area (Å²) in [6, 6.07) is 5.14. The fraction of sp³-hybridized carbons (Fsp3) is 0.222. The summed E-state index contributed by atoms with van der Waals surface area (Å²) in [4.78, 5) is 7.59. The number of nitrogens with zero attached hydrogens (tertiary/aromatic N) is 2. The first-order valence-electron chi connectivity index (χ1n) is 7.38. The molecule has 1 aromatic heterocycles. The van der Waals surface area contributed by atoms with Crippen molar-refractivity contribution in [2.45, 2.75) is 20.8 Å². The number of aromatic nitrogens is 2. The molecule has 0 fully saturated rings. The minimum Gasteiger partial charge on any atom is -0.507 e. The molecular formula is C18H17ClF2N2O. The first kappa shape index (κ1) is 18.1. The number of fused-ring (bicyclic) bond motifs is 1. The van der Waals surface area contributed by atoms with Crippen LogP contribution in [0.25, 0.3) is 22.0 Å². The van der Waals surface area contributed by atoms with E-state index in [0.717, 1.165) is 12.0 Å². The van der Waals surface area contributed by atoms with Crippen molar-refractivity contribution in [1.82, 2.24) is 9.97 Å². The molecule has 0 aliphatic rings. The lowest BCUT2D eigenvalue weighted by Crippen LogP contribution is -1.94. The predicted molar refractivity (Wildman–Crippen MR) is 92.1 cm³/mol. The van der Waals surface area contributed by atoms with Gasteiger partial charge >= 0.3 is 0 Å². The van der Waals surface area contributed by atoms with Gasteiger partial charge in [0.05, 0.1) is 10.6 Å². The molecule has 0 amide bonds. The van der Waals surface area contributed by atoms with Crippen LogP contribution in [0.5, 0.6) is 5.75 Å². The van der Waals surface area contributed by atoms with Crippen molar-refractivity contribution >= 4 is 22.5 Å². The summed E-state index contributed by atoms with van der Waals surface area (Å²) in [6.45, 7) is 6.50. The number of hydrogen-bond donors (Lipinski definition) is 1. The van der Waals surface area contributed by atoms with Crippen LogP contribution in [0.2, 0.25) is 5.02 Å². The van der Waals surface area contributed by atoms with Crippen LogP contribution in [0, 0.1) is 17.6 Å². The number of rotatable bonds is 1. The zero-order valence-corrected chi connectivity index (χ0v) is 14.3. The summed E-state index contributed by atoms with van der Waals surface area (Å²) in [5.74, 6) is -1.12. The van der Waals surface area contributed by atoms with Gasteiger partial charge in [0.25, 0.3) is 0 Å². The Bertz CT molecular complexity index is 846. The highest BCUT2D eigenvalue weighted by molar-refractivity contribution is 6.34. The summed E-state index contributed by atoms with van der Waals surface area (Å²) in [7, 11) is 0. The summed E-state index contributed by atoms with van der Waals surface area (Å²) in [6.07, 6.45) is 2.59. The topological polar surface area (TPSA) is 46.0 Å². The molecule has 0 saturated heterocycles. The van der Waals surface area contributed by atoms with Gasteiger partial charge in [0.2, 0.25) is 0 Å². The zero-order chi connectivity index (χ0) is 17.9. The van der Waals surface area contributed by atoms with Crippen molar-refractivity contribution in [3.63, 3.8) is 0 Å². The minimum absolute atomic E-state index is 0.0158. The van der Waals surface area contributed by atoms with Gasteiger partial charge in [-0.2, -0.15) is 0 Å². The van der Waals surface area contributed by atoms with E-state index in [1.165, 1.54) is 30.7 Å². The Balaban J connectivity index is 0.000000471. The summed E-state index contributed by atoms with van der Waals surface area (Å²) < 4.78 is 28.4. The largest absolute Gasteiger partial charge is 0.507 e. The molecule has 0 radical (unpaired) electrons. The summed E-state index contributed by atoms with van der Waals surface area (Å²) in [5, 5.41) is 10.1. The Hall–Kier alpha value is -2.27. The molecule has 0 aliphatic carbocycles. The molecule has 0 spiro atoms. The molecule has 3 aromatic rings. The van der Waals surface area contributed by atoms with Gasteiger partial charge in [0.1, 0.15) is 23.4 Å². The number of halogens is 3. The van der Waals surface area contributed by atoms with Gasteiger partial charge in [-0.25, -0.2) is 18.7 Å². The van der Waals surface area contributed by atoms with Crippen LogP contribution >= 0.6 is 11.6 Å². The first-order chi connectivity index (χ1) is 11.3. The number of aromatic hydroxyl groups is 1. The number of hydrogen-bond acceptors (Lipinski definition) is 3. The lowest BCUT2D eigenvalue weighted by atomic mass is 10.0. The highest BCUT2D eigenvalue weighted by Gasteiger charge is 2.21. The van der Waals surface area contributed by atoms with Gasteiger partial charge in [-0.3, -0.25) is 0 Å². The maximum Gasteiger partial charge on any atom is 0.159 e. The fourth-order valence-electron chi connectivity index (χ4n) is 2.05. The maximum atomic E-state index is 14.5. The summed E-state index contributed by atoms with van der Waals surface area (Å²) >= 11 is 6.01. The van der Waals surface area contributed by atoms with Crippen molar-refractivity contribution in [3.05, 3.63) is 53.4 Å². The smallest absolute Gasteiger partial charge is 0.159 e. The second-order valence-electron chi connectivity index (χ2n) is 5.87. The molecule has 6 heteroatoms. The van der Waals surface area contributed by atoms with Gasteiger partial charge in [-0.15, -0.1) is 0 Å². The van der Waals surface area contributed by atoms with E-state index in [2.05, 4.69) is 30.7 Å². The van der Waals surface area contributed by atoms with E-state index in [1.54, 1.807) is 0 Å². The summed E-state index contributed by atoms with van der Waals surface area (Å²) in [5.41, 5.74) is -0.481. The number of phenols is 1. The van der Waals surface area contributed by atoms with Gasteiger partial charge < -0.3 is 5.11 Å². The minimum atomic E-state index is -0.796. The Morgan fingerprint density at radius 1 is 1.12 bits per heavy atom. The average Bonchev–Trinajstić information content (AvgIpc) is 2.49. The molecule has 2 aromatic carbocycles. The molecule has 0 saturated carbocycles. The number of benzene rings is 2. The van der Waals surface area contributed by atoms with Gasteiger partial charge in [-0.05, 0) is 24.1 Å². The third-order valence-electron chi connectivity index (χ3n) is 2.93. The Morgan fingerprint density at radius 2 is 1.79 bits per heavy atom. The average molecular weight is 351 g/mol. The SMILES string of the molecule is CC(C)C.Oc1cccc(F)c1-c1c(Cl)cc2cncnc2c1F. The molecule has 1 N–H and O–H groups in total.